The van der Waals surface area contributed by atoms with E-state index in [1.54, 1.807) is 20.4 Å². The summed E-state index contributed by atoms with van der Waals surface area (Å²) >= 11 is 0. The maximum Gasteiger partial charge on any atom is 0.213 e. The van der Waals surface area contributed by atoms with Gasteiger partial charge in [0.1, 0.15) is 0 Å². The van der Waals surface area contributed by atoms with Gasteiger partial charge in [-0.2, -0.15) is 0 Å². The molecule has 27 heavy (non-hydrogen) atoms. The first-order valence-corrected chi connectivity index (χ1v) is 8.94. The van der Waals surface area contributed by atoms with Crippen LogP contribution < -0.4 is 24.8 Å². The summed E-state index contributed by atoms with van der Waals surface area (Å²) in [6.45, 7) is 7.21. The van der Waals surface area contributed by atoms with E-state index in [-0.39, 0.29) is 6.10 Å². The number of anilines is 1. The quantitative estimate of drug-likeness (QED) is 0.546. The number of benzene rings is 1. The second-order valence-corrected chi connectivity index (χ2v) is 6.06. The number of guanidine groups is 1. The maximum atomic E-state index is 5.56. The molecule has 0 spiro atoms. The van der Waals surface area contributed by atoms with Crippen LogP contribution in [0, 0.1) is 0 Å². The van der Waals surface area contributed by atoms with Crippen LogP contribution in [0.5, 0.6) is 17.4 Å². The molecule has 0 bridgehead atoms. The van der Waals surface area contributed by atoms with Gasteiger partial charge in [-0.1, -0.05) is 6.07 Å². The highest BCUT2D eigenvalue weighted by Crippen LogP contribution is 2.29. The van der Waals surface area contributed by atoms with Crippen molar-refractivity contribution in [3.63, 3.8) is 0 Å². The van der Waals surface area contributed by atoms with Crippen molar-refractivity contribution < 1.29 is 14.2 Å². The summed E-state index contributed by atoms with van der Waals surface area (Å²) in [5, 5.41) is 6.50. The van der Waals surface area contributed by atoms with E-state index in [0.717, 1.165) is 17.8 Å². The van der Waals surface area contributed by atoms with Gasteiger partial charge >= 0.3 is 0 Å². The molecular weight excluding hydrogens is 344 g/mol. The van der Waals surface area contributed by atoms with Gasteiger partial charge in [-0.15, -0.1) is 0 Å². The molecule has 7 heteroatoms. The van der Waals surface area contributed by atoms with Gasteiger partial charge < -0.3 is 24.8 Å². The molecule has 1 heterocycles. The number of methoxy groups -OCH3 is 2. The SMILES string of the molecule is CCNC(=NCc1ccc(OC(C)C)nc1)Nc1ccc(OC)c(OC)c1. The second kappa shape index (κ2) is 10.3. The van der Waals surface area contributed by atoms with E-state index in [2.05, 4.69) is 20.6 Å². The van der Waals surface area contributed by atoms with E-state index in [1.807, 2.05) is 51.1 Å². The zero-order valence-corrected chi connectivity index (χ0v) is 16.6. The van der Waals surface area contributed by atoms with E-state index < -0.39 is 0 Å². The molecule has 2 rings (SSSR count). The fourth-order valence-corrected chi connectivity index (χ4v) is 2.34. The Kier molecular flexibility index (Phi) is 7.73. The first-order valence-electron chi connectivity index (χ1n) is 8.94. The molecular formula is C20H28N4O3. The Labute approximate surface area is 160 Å². The van der Waals surface area contributed by atoms with Crippen molar-refractivity contribution in [3.8, 4) is 17.4 Å². The van der Waals surface area contributed by atoms with Crippen LogP contribution in [-0.2, 0) is 6.54 Å². The van der Waals surface area contributed by atoms with Gasteiger partial charge in [0.15, 0.2) is 17.5 Å². The van der Waals surface area contributed by atoms with Crippen molar-refractivity contribution in [2.45, 2.75) is 33.4 Å². The Balaban J connectivity index is 2.07. The fraction of sp³-hybridized carbons (Fsp3) is 0.400. The minimum absolute atomic E-state index is 0.104. The summed E-state index contributed by atoms with van der Waals surface area (Å²) in [6.07, 6.45) is 1.88. The molecule has 0 fully saturated rings. The Morgan fingerprint density at radius 2 is 1.89 bits per heavy atom. The van der Waals surface area contributed by atoms with E-state index in [0.29, 0.717) is 29.9 Å². The van der Waals surface area contributed by atoms with Crippen molar-refractivity contribution in [2.24, 2.45) is 4.99 Å². The Bertz CT molecular complexity index is 745. The number of ether oxygens (including phenoxy) is 3. The lowest BCUT2D eigenvalue weighted by Crippen LogP contribution is -2.30. The van der Waals surface area contributed by atoms with Crippen LogP contribution in [0.1, 0.15) is 26.3 Å². The largest absolute Gasteiger partial charge is 0.493 e. The standard InChI is InChI=1S/C20H28N4O3/c1-6-21-20(24-16-8-9-17(25-4)18(11-16)26-5)23-13-15-7-10-19(22-12-15)27-14(2)3/h7-12,14H,6,13H2,1-5H3,(H2,21,23,24). The van der Waals surface area contributed by atoms with Crippen LogP contribution in [0.15, 0.2) is 41.5 Å². The highest BCUT2D eigenvalue weighted by Gasteiger charge is 2.06. The molecule has 0 atom stereocenters. The van der Waals surface area contributed by atoms with E-state index >= 15 is 0 Å². The first kappa shape index (κ1) is 20.4. The number of nitrogens with one attached hydrogen (secondary N) is 2. The summed E-state index contributed by atoms with van der Waals surface area (Å²) < 4.78 is 16.2. The van der Waals surface area contributed by atoms with Gasteiger partial charge in [0.2, 0.25) is 5.88 Å². The molecule has 0 amide bonds. The first-order chi connectivity index (χ1) is 13.0. The smallest absolute Gasteiger partial charge is 0.213 e. The molecule has 2 aromatic rings. The predicted octanol–water partition coefficient (Wildman–Crippen LogP) is 3.46. The lowest BCUT2D eigenvalue weighted by atomic mass is 10.2. The highest BCUT2D eigenvalue weighted by atomic mass is 16.5. The van der Waals surface area contributed by atoms with Crippen LogP contribution >= 0.6 is 0 Å². The fourth-order valence-electron chi connectivity index (χ4n) is 2.34. The zero-order chi connectivity index (χ0) is 19.6. The summed E-state index contributed by atoms with van der Waals surface area (Å²) in [5.74, 6) is 2.63. The van der Waals surface area contributed by atoms with Crippen LogP contribution in [0.3, 0.4) is 0 Å². The van der Waals surface area contributed by atoms with Crippen LogP contribution in [-0.4, -0.2) is 37.8 Å². The number of aliphatic imine (C=N–C) groups is 1. The summed E-state index contributed by atoms with van der Waals surface area (Å²) in [4.78, 5) is 8.92. The highest BCUT2D eigenvalue weighted by molar-refractivity contribution is 5.93. The number of rotatable bonds is 8. The average Bonchev–Trinajstić information content (AvgIpc) is 2.67. The third-order valence-electron chi connectivity index (χ3n) is 3.56. The number of pyridine rings is 1. The third kappa shape index (κ3) is 6.36. The number of hydrogen-bond acceptors (Lipinski definition) is 5. The number of hydrogen-bond donors (Lipinski definition) is 2. The predicted molar refractivity (Wildman–Crippen MR) is 108 cm³/mol. The Morgan fingerprint density at radius 3 is 2.48 bits per heavy atom. The van der Waals surface area contributed by atoms with Crippen molar-refractivity contribution >= 4 is 11.6 Å². The molecule has 0 unspecified atom stereocenters. The molecule has 7 nitrogen and oxygen atoms in total. The van der Waals surface area contributed by atoms with Crippen LogP contribution in [0.25, 0.3) is 0 Å². The molecule has 1 aromatic carbocycles. The minimum atomic E-state index is 0.104. The minimum Gasteiger partial charge on any atom is -0.493 e. The summed E-state index contributed by atoms with van der Waals surface area (Å²) in [5.41, 5.74) is 1.85. The molecule has 0 aliphatic rings. The van der Waals surface area contributed by atoms with E-state index in [9.17, 15) is 0 Å². The monoisotopic (exact) mass is 372 g/mol. The normalized spacial score (nSPS) is 11.3. The van der Waals surface area contributed by atoms with Gasteiger partial charge in [-0.05, 0) is 38.5 Å². The Morgan fingerprint density at radius 1 is 1.11 bits per heavy atom. The Hall–Kier alpha value is -2.96. The van der Waals surface area contributed by atoms with Gasteiger partial charge in [0.05, 0.1) is 26.9 Å². The van der Waals surface area contributed by atoms with Gasteiger partial charge in [-0.3, -0.25) is 0 Å². The maximum absolute atomic E-state index is 5.56. The summed E-state index contributed by atoms with van der Waals surface area (Å²) in [7, 11) is 3.22. The molecule has 0 aliphatic heterocycles. The molecule has 0 saturated heterocycles. The average molecular weight is 372 g/mol. The molecule has 0 radical (unpaired) electrons. The lowest BCUT2D eigenvalue weighted by molar-refractivity contribution is 0.232. The molecule has 0 saturated carbocycles. The lowest BCUT2D eigenvalue weighted by Gasteiger charge is -2.14. The van der Waals surface area contributed by atoms with Crippen molar-refractivity contribution in [3.05, 3.63) is 42.1 Å². The molecule has 1 aromatic heterocycles. The molecule has 146 valence electrons. The van der Waals surface area contributed by atoms with Gasteiger partial charge in [-0.25, -0.2) is 9.98 Å². The number of nitrogens with zero attached hydrogens (tertiary/aromatic N) is 2. The number of aromatic nitrogens is 1. The third-order valence-corrected chi connectivity index (χ3v) is 3.56. The van der Waals surface area contributed by atoms with E-state index in [1.165, 1.54) is 0 Å². The van der Waals surface area contributed by atoms with Gasteiger partial charge in [0.25, 0.3) is 0 Å². The van der Waals surface area contributed by atoms with Crippen LogP contribution in [0.4, 0.5) is 5.69 Å². The van der Waals surface area contributed by atoms with E-state index in [4.69, 9.17) is 14.2 Å². The molecule has 2 N–H and O–H groups in total. The van der Waals surface area contributed by atoms with Crippen molar-refractivity contribution in [1.82, 2.24) is 10.3 Å². The van der Waals surface area contributed by atoms with Crippen LogP contribution in [0.2, 0.25) is 0 Å². The molecule has 0 aliphatic carbocycles. The zero-order valence-electron chi connectivity index (χ0n) is 16.6. The van der Waals surface area contributed by atoms with Gasteiger partial charge in [0, 0.05) is 30.6 Å². The van der Waals surface area contributed by atoms with Crippen molar-refractivity contribution in [2.75, 3.05) is 26.1 Å². The second-order valence-electron chi connectivity index (χ2n) is 6.06. The topological polar surface area (TPSA) is 77.0 Å². The van der Waals surface area contributed by atoms with Crippen molar-refractivity contribution in [1.29, 1.82) is 0 Å². The summed E-state index contributed by atoms with van der Waals surface area (Å²) in [6, 6.07) is 9.45.